The average Bonchev–Trinajstić information content (AvgIpc) is 1.64. The topological polar surface area (TPSA) is 25.8 Å². The quantitative estimate of drug-likeness (QED) is 0.544. The fourth-order valence-corrected chi connectivity index (χ4v) is 0.574. The van der Waals surface area contributed by atoms with Gasteiger partial charge in [0.25, 0.3) is 0 Å². The lowest BCUT2D eigenvalue weighted by molar-refractivity contribution is 1.01. The van der Waals surface area contributed by atoms with Gasteiger partial charge in [0.1, 0.15) is 5.82 Å². The first-order valence-electron chi connectivity index (χ1n) is 2.55. The van der Waals surface area contributed by atoms with Gasteiger partial charge in [-0.25, -0.2) is 9.97 Å². The molecule has 0 fully saturated rings. The van der Waals surface area contributed by atoms with E-state index in [0.29, 0.717) is 0 Å². The van der Waals surface area contributed by atoms with E-state index in [2.05, 4.69) is 9.97 Å². The minimum absolute atomic E-state index is 0. The van der Waals surface area contributed by atoms with Gasteiger partial charge in [-0.3, -0.25) is 0 Å². The molecule has 0 radical (unpaired) electrons. The first-order valence-corrected chi connectivity index (χ1v) is 2.55. The molecule has 1 rings (SSSR count). The lowest BCUT2D eigenvalue weighted by Gasteiger charge is -1.89. The number of hydrogen-bond donors (Lipinski definition) is 0. The Morgan fingerprint density at radius 2 is 2.00 bits per heavy atom. The third-order valence-electron chi connectivity index (χ3n) is 0.915. The molecule has 0 saturated carbocycles. The van der Waals surface area contributed by atoms with Crippen LogP contribution >= 0.6 is 13.5 Å². The van der Waals surface area contributed by atoms with Crippen molar-refractivity contribution in [2.75, 3.05) is 0 Å². The maximum atomic E-state index is 4.06. The fraction of sp³-hybridized carbons (Fsp3) is 0.333. The molecule has 0 aromatic carbocycles. The van der Waals surface area contributed by atoms with Gasteiger partial charge < -0.3 is 0 Å². The SMILES string of the molecule is Cc1ccnc(C)n1.S. The number of aromatic nitrogens is 2. The second kappa shape index (κ2) is 3.45. The lowest BCUT2D eigenvalue weighted by atomic mass is 10.4. The predicted octanol–water partition coefficient (Wildman–Crippen LogP) is 1.21. The first-order chi connectivity index (χ1) is 3.79. The Morgan fingerprint density at radius 1 is 1.33 bits per heavy atom. The summed E-state index contributed by atoms with van der Waals surface area (Å²) in [5, 5.41) is 0. The van der Waals surface area contributed by atoms with Gasteiger partial charge in [-0.2, -0.15) is 13.5 Å². The molecule has 0 aliphatic rings. The predicted molar refractivity (Wildman–Crippen MR) is 41.9 cm³/mol. The van der Waals surface area contributed by atoms with Crippen molar-refractivity contribution in [1.29, 1.82) is 0 Å². The van der Waals surface area contributed by atoms with Gasteiger partial charge in [-0.1, -0.05) is 0 Å². The van der Waals surface area contributed by atoms with E-state index < -0.39 is 0 Å². The zero-order chi connectivity index (χ0) is 5.98. The van der Waals surface area contributed by atoms with Crippen molar-refractivity contribution in [3.63, 3.8) is 0 Å². The number of hydrogen-bond acceptors (Lipinski definition) is 2. The smallest absolute Gasteiger partial charge is 0.125 e. The Labute approximate surface area is 61.8 Å². The van der Waals surface area contributed by atoms with Crippen molar-refractivity contribution in [3.8, 4) is 0 Å². The second-order valence-corrected chi connectivity index (χ2v) is 1.75. The summed E-state index contributed by atoms with van der Waals surface area (Å²) in [6, 6.07) is 1.88. The molecule has 0 amide bonds. The zero-order valence-corrected chi connectivity index (χ0v) is 6.55. The molecule has 1 aromatic rings. The molecule has 0 spiro atoms. The van der Waals surface area contributed by atoms with Crippen LogP contribution in [0.25, 0.3) is 0 Å². The van der Waals surface area contributed by atoms with Crippen LogP contribution in [0.15, 0.2) is 12.3 Å². The average molecular weight is 142 g/mol. The van der Waals surface area contributed by atoms with Crippen LogP contribution < -0.4 is 0 Å². The molecule has 0 atom stereocenters. The summed E-state index contributed by atoms with van der Waals surface area (Å²) < 4.78 is 0. The van der Waals surface area contributed by atoms with Crippen molar-refractivity contribution in [1.82, 2.24) is 9.97 Å². The van der Waals surface area contributed by atoms with Crippen molar-refractivity contribution >= 4 is 13.5 Å². The fourth-order valence-electron chi connectivity index (χ4n) is 0.574. The van der Waals surface area contributed by atoms with E-state index in [1.165, 1.54) is 0 Å². The van der Waals surface area contributed by atoms with Crippen LogP contribution in [0.2, 0.25) is 0 Å². The summed E-state index contributed by atoms with van der Waals surface area (Å²) in [6.45, 7) is 3.84. The van der Waals surface area contributed by atoms with Crippen molar-refractivity contribution in [2.45, 2.75) is 13.8 Å². The molecule has 3 heteroatoms. The third kappa shape index (κ3) is 2.46. The molecule has 0 unspecified atom stereocenters. The molecular formula is C6H10N2S. The van der Waals surface area contributed by atoms with Crippen LogP contribution in [0.5, 0.6) is 0 Å². The van der Waals surface area contributed by atoms with E-state index in [4.69, 9.17) is 0 Å². The number of rotatable bonds is 0. The highest BCUT2D eigenvalue weighted by Gasteiger charge is 1.83. The normalized spacial score (nSPS) is 8.22. The van der Waals surface area contributed by atoms with Crippen LogP contribution in [0, 0.1) is 13.8 Å². The highest BCUT2D eigenvalue weighted by atomic mass is 32.1. The standard InChI is InChI=1S/C6H8N2.H2S/c1-5-3-4-7-6(2)8-5;/h3-4H,1-2H3;1H2. The van der Waals surface area contributed by atoms with Crippen molar-refractivity contribution in [2.24, 2.45) is 0 Å². The summed E-state index contributed by atoms with van der Waals surface area (Å²) >= 11 is 0. The second-order valence-electron chi connectivity index (χ2n) is 1.75. The summed E-state index contributed by atoms with van der Waals surface area (Å²) in [4.78, 5) is 7.99. The van der Waals surface area contributed by atoms with Crippen LogP contribution in [0.3, 0.4) is 0 Å². The van der Waals surface area contributed by atoms with Gasteiger partial charge in [-0.15, -0.1) is 0 Å². The summed E-state index contributed by atoms with van der Waals surface area (Å²) in [7, 11) is 0. The Kier molecular flexibility index (Phi) is 3.24. The highest BCUT2D eigenvalue weighted by Crippen LogP contribution is 1.88. The lowest BCUT2D eigenvalue weighted by Crippen LogP contribution is -1.86. The van der Waals surface area contributed by atoms with E-state index >= 15 is 0 Å². The minimum Gasteiger partial charge on any atom is -0.242 e. The van der Waals surface area contributed by atoms with E-state index in [0.717, 1.165) is 11.5 Å². The highest BCUT2D eigenvalue weighted by molar-refractivity contribution is 7.59. The zero-order valence-electron chi connectivity index (χ0n) is 5.55. The summed E-state index contributed by atoms with van der Waals surface area (Å²) in [5.74, 6) is 0.838. The van der Waals surface area contributed by atoms with Gasteiger partial charge >= 0.3 is 0 Å². The molecule has 1 heterocycles. The van der Waals surface area contributed by atoms with Crippen LogP contribution in [0.4, 0.5) is 0 Å². The van der Waals surface area contributed by atoms with Crippen molar-refractivity contribution in [3.05, 3.63) is 23.8 Å². The molecule has 0 aliphatic heterocycles. The molecule has 0 N–H and O–H groups in total. The Morgan fingerprint density at radius 3 is 2.33 bits per heavy atom. The molecule has 9 heavy (non-hydrogen) atoms. The number of nitrogens with zero attached hydrogens (tertiary/aromatic N) is 2. The molecule has 1 aromatic heterocycles. The molecule has 2 nitrogen and oxygen atoms in total. The largest absolute Gasteiger partial charge is 0.242 e. The number of aryl methyl sites for hydroxylation is 2. The van der Waals surface area contributed by atoms with Crippen LogP contribution in [-0.4, -0.2) is 9.97 Å². The van der Waals surface area contributed by atoms with E-state index in [9.17, 15) is 0 Å². The summed E-state index contributed by atoms with van der Waals surface area (Å²) in [6.07, 6.45) is 1.76. The third-order valence-corrected chi connectivity index (χ3v) is 0.915. The van der Waals surface area contributed by atoms with Gasteiger partial charge in [0.15, 0.2) is 0 Å². The Bertz CT molecular complexity index is 171. The molecule has 0 bridgehead atoms. The van der Waals surface area contributed by atoms with Gasteiger partial charge in [-0.05, 0) is 19.9 Å². The molecule has 50 valence electrons. The van der Waals surface area contributed by atoms with Crippen LogP contribution in [-0.2, 0) is 0 Å². The monoisotopic (exact) mass is 142 g/mol. The summed E-state index contributed by atoms with van der Waals surface area (Å²) in [5.41, 5.74) is 1.03. The van der Waals surface area contributed by atoms with E-state index in [-0.39, 0.29) is 13.5 Å². The van der Waals surface area contributed by atoms with E-state index in [1.807, 2.05) is 19.9 Å². The molecule has 0 saturated heterocycles. The Balaban J connectivity index is 0.000000640. The van der Waals surface area contributed by atoms with Gasteiger partial charge in [0.05, 0.1) is 0 Å². The molecular weight excluding hydrogens is 132 g/mol. The molecule has 0 aliphatic carbocycles. The Hall–Kier alpha value is -0.570. The minimum atomic E-state index is 0. The maximum Gasteiger partial charge on any atom is 0.125 e. The van der Waals surface area contributed by atoms with E-state index in [1.54, 1.807) is 6.20 Å². The maximum absolute atomic E-state index is 4.06. The van der Waals surface area contributed by atoms with Gasteiger partial charge in [0, 0.05) is 11.9 Å². The first kappa shape index (κ1) is 8.43. The van der Waals surface area contributed by atoms with Crippen LogP contribution in [0.1, 0.15) is 11.5 Å². The van der Waals surface area contributed by atoms with Crippen molar-refractivity contribution < 1.29 is 0 Å². The van der Waals surface area contributed by atoms with Gasteiger partial charge in [0.2, 0.25) is 0 Å².